The molecule has 0 bridgehead atoms. The SMILES string of the molecule is CC(C)NC(=O)CN(C)C(=O)[C@@H]1CCCCN1. The lowest BCUT2D eigenvalue weighted by Gasteiger charge is -2.27. The summed E-state index contributed by atoms with van der Waals surface area (Å²) in [6.45, 7) is 4.84. The summed E-state index contributed by atoms with van der Waals surface area (Å²) in [6, 6.07) is -0.000549. The molecule has 0 saturated carbocycles. The molecule has 5 nitrogen and oxygen atoms in total. The molecule has 98 valence electrons. The van der Waals surface area contributed by atoms with Crippen LogP contribution in [-0.2, 0) is 9.59 Å². The number of nitrogens with zero attached hydrogens (tertiary/aromatic N) is 1. The van der Waals surface area contributed by atoms with Gasteiger partial charge in [0.05, 0.1) is 12.6 Å². The van der Waals surface area contributed by atoms with Crippen molar-refractivity contribution in [1.29, 1.82) is 0 Å². The minimum absolute atomic E-state index is 0.0172. The highest BCUT2D eigenvalue weighted by atomic mass is 16.2. The Kier molecular flexibility index (Phi) is 5.41. The third kappa shape index (κ3) is 4.73. The first-order chi connectivity index (χ1) is 8.00. The van der Waals surface area contributed by atoms with E-state index in [-0.39, 0.29) is 30.4 Å². The number of carbonyl (C=O) groups excluding carboxylic acids is 2. The van der Waals surface area contributed by atoms with E-state index in [4.69, 9.17) is 0 Å². The Balaban J connectivity index is 2.37. The van der Waals surface area contributed by atoms with Crippen LogP contribution in [0.1, 0.15) is 33.1 Å². The van der Waals surface area contributed by atoms with Gasteiger partial charge in [0.2, 0.25) is 11.8 Å². The topological polar surface area (TPSA) is 61.4 Å². The van der Waals surface area contributed by atoms with Crippen LogP contribution in [0.15, 0.2) is 0 Å². The zero-order valence-electron chi connectivity index (χ0n) is 11.0. The summed E-state index contributed by atoms with van der Waals surface area (Å²) in [5.41, 5.74) is 0. The first-order valence-corrected chi connectivity index (χ1v) is 6.28. The second kappa shape index (κ2) is 6.59. The van der Waals surface area contributed by atoms with Gasteiger partial charge in [-0.05, 0) is 33.2 Å². The first kappa shape index (κ1) is 14.0. The zero-order valence-corrected chi connectivity index (χ0v) is 11.0. The molecule has 0 unspecified atom stereocenters. The van der Waals surface area contributed by atoms with Gasteiger partial charge in [0.15, 0.2) is 0 Å². The average molecular weight is 241 g/mol. The van der Waals surface area contributed by atoms with Gasteiger partial charge in [-0.3, -0.25) is 9.59 Å². The maximum Gasteiger partial charge on any atom is 0.239 e. The van der Waals surface area contributed by atoms with E-state index in [1.54, 1.807) is 7.05 Å². The molecule has 1 rings (SSSR count). The number of carbonyl (C=O) groups is 2. The molecule has 5 heteroatoms. The van der Waals surface area contributed by atoms with Crippen molar-refractivity contribution in [2.24, 2.45) is 0 Å². The van der Waals surface area contributed by atoms with Crippen LogP contribution in [0.3, 0.4) is 0 Å². The Hall–Kier alpha value is -1.10. The number of likely N-dealkylation sites (N-methyl/N-ethyl adjacent to an activating group) is 1. The van der Waals surface area contributed by atoms with Gasteiger partial charge < -0.3 is 15.5 Å². The van der Waals surface area contributed by atoms with E-state index in [2.05, 4.69) is 10.6 Å². The Morgan fingerprint density at radius 3 is 2.65 bits per heavy atom. The third-order valence-electron chi connectivity index (χ3n) is 2.82. The second-order valence-corrected chi connectivity index (χ2v) is 4.92. The number of nitrogens with one attached hydrogen (secondary N) is 2. The van der Waals surface area contributed by atoms with Crippen molar-refractivity contribution in [3.05, 3.63) is 0 Å². The van der Waals surface area contributed by atoms with Crippen LogP contribution in [0.4, 0.5) is 0 Å². The van der Waals surface area contributed by atoms with Crippen LogP contribution < -0.4 is 10.6 Å². The quantitative estimate of drug-likeness (QED) is 0.734. The summed E-state index contributed by atoms with van der Waals surface area (Å²) in [4.78, 5) is 25.0. The van der Waals surface area contributed by atoms with Crippen LogP contribution in [0.2, 0.25) is 0 Å². The Morgan fingerprint density at radius 1 is 1.41 bits per heavy atom. The predicted octanol–water partition coefficient (Wildman–Crippen LogP) is 0.112. The molecule has 1 atom stereocenters. The smallest absolute Gasteiger partial charge is 0.239 e. The number of amides is 2. The highest BCUT2D eigenvalue weighted by molar-refractivity contribution is 5.87. The predicted molar refractivity (Wildman–Crippen MR) is 66.6 cm³/mol. The molecule has 1 aliphatic heterocycles. The molecular formula is C12H23N3O2. The molecule has 0 aromatic heterocycles. The summed E-state index contributed by atoms with van der Waals surface area (Å²) >= 11 is 0. The van der Waals surface area contributed by atoms with Gasteiger partial charge in [-0.15, -0.1) is 0 Å². The van der Waals surface area contributed by atoms with Gasteiger partial charge in [0, 0.05) is 13.1 Å². The van der Waals surface area contributed by atoms with Crippen molar-refractivity contribution in [3.8, 4) is 0 Å². The minimum Gasteiger partial charge on any atom is -0.352 e. The van der Waals surface area contributed by atoms with Crippen LogP contribution in [0.5, 0.6) is 0 Å². The number of hydrogen-bond donors (Lipinski definition) is 2. The van der Waals surface area contributed by atoms with Crippen molar-refractivity contribution in [1.82, 2.24) is 15.5 Å². The highest BCUT2D eigenvalue weighted by Gasteiger charge is 2.24. The van der Waals surface area contributed by atoms with Gasteiger partial charge in [0.25, 0.3) is 0 Å². The average Bonchev–Trinajstić information content (AvgIpc) is 2.28. The Bertz CT molecular complexity index is 273. The fourth-order valence-electron chi connectivity index (χ4n) is 1.99. The van der Waals surface area contributed by atoms with E-state index in [1.807, 2.05) is 13.8 Å². The molecule has 17 heavy (non-hydrogen) atoms. The van der Waals surface area contributed by atoms with E-state index in [9.17, 15) is 9.59 Å². The minimum atomic E-state index is -0.111. The molecular weight excluding hydrogens is 218 g/mol. The summed E-state index contributed by atoms with van der Waals surface area (Å²) in [7, 11) is 1.68. The molecule has 1 aliphatic rings. The van der Waals surface area contributed by atoms with E-state index in [0.29, 0.717) is 0 Å². The van der Waals surface area contributed by atoms with Crippen LogP contribution in [0, 0.1) is 0 Å². The lowest BCUT2D eigenvalue weighted by Crippen LogP contribution is -2.50. The second-order valence-electron chi connectivity index (χ2n) is 4.92. The van der Waals surface area contributed by atoms with Crippen LogP contribution in [-0.4, -0.2) is 48.9 Å². The van der Waals surface area contributed by atoms with E-state index in [1.165, 1.54) is 4.90 Å². The summed E-state index contributed by atoms with van der Waals surface area (Å²) in [5, 5.41) is 5.97. The molecule has 0 spiro atoms. The van der Waals surface area contributed by atoms with Crippen molar-refractivity contribution in [2.75, 3.05) is 20.1 Å². The maximum absolute atomic E-state index is 12.0. The lowest BCUT2D eigenvalue weighted by molar-refractivity contribution is -0.137. The fourth-order valence-corrected chi connectivity index (χ4v) is 1.99. The van der Waals surface area contributed by atoms with Gasteiger partial charge in [-0.2, -0.15) is 0 Å². The van der Waals surface area contributed by atoms with E-state index >= 15 is 0 Å². The number of rotatable bonds is 4. The Labute approximate surface area is 103 Å². The molecule has 1 saturated heterocycles. The Morgan fingerprint density at radius 2 is 2.12 bits per heavy atom. The number of hydrogen-bond acceptors (Lipinski definition) is 3. The molecule has 0 aromatic rings. The highest BCUT2D eigenvalue weighted by Crippen LogP contribution is 2.08. The summed E-state index contributed by atoms with van der Waals surface area (Å²) in [6.07, 6.45) is 3.08. The van der Waals surface area contributed by atoms with Crippen molar-refractivity contribution in [3.63, 3.8) is 0 Å². The first-order valence-electron chi connectivity index (χ1n) is 6.28. The zero-order chi connectivity index (χ0) is 12.8. The standard InChI is InChI=1S/C12H23N3O2/c1-9(2)14-11(16)8-15(3)12(17)10-6-4-5-7-13-10/h9-10,13H,4-8H2,1-3H3,(H,14,16)/t10-/m0/s1. The monoisotopic (exact) mass is 241 g/mol. The summed E-state index contributed by atoms with van der Waals surface area (Å²) < 4.78 is 0. The fraction of sp³-hybridized carbons (Fsp3) is 0.833. The van der Waals surface area contributed by atoms with E-state index < -0.39 is 0 Å². The van der Waals surface area contributed by atoms with Crippen molar-refractivity contribution < 1.29 is 9.59 Å². The summed E-state index contributed by atoms with van der Waals surface area (Å²) in [5.74, 6) is -0.0877. The molecule has 1 heterocycles. The van der Waals surface area contributed by atoms with Crippen molar-refractivity contribution in [2.45, 2.75) is 45.2 Å². The normalized spacial score (nSPS) is 20.1. The van der Waals surface area contributed by atoms with Crippen molar-refractivity contribution >= 4 is 11.8 Å². The van der Waals surface area contributed by atoms with Gasteiger partial charge >= 0.3 is 0 Å². The van der Waals surface area contributed by atoms with Gasteiger partial charge in [-0.1, -0.05) is 6.42 Å². The molecule has 2 amide bonds. The van der Waals surface area contributed by atoms with Crippen LogP contribution in [0.25, 0.3) is 0 Å². The molecule has 1 fully saturated rings. The third-order valence-corrected chi connectivity index (χ3v) is 2.82. The van der Waals surface area contributed by atoms with Gasteiger partial charge in [-0.25, -0.2) is 0 Å². The molecule has 0 radical (unpaired) electrons. The molecule has 0 aromatic carbocycles. The van der Waals surface area contributed by atoms with Crippen LogP contribution >= 0.6 is 0 Å². The molecule has 2 N–H and O–H groups in total. The molecule has 0 aliphatic carbocycles. The lowest BCUT2D eigenvalue weighted by atomic mass is 10.0. The largest absolute Gasteiger partial charge is 0.352 e. The number of piperidine rings is 1. The van der Waals surface area contributed by atoms with E-state index in [0.717, 1.165) is 25.8 Å². The maximum atomic E-state index is 12.0. The van der Waals surface area contributed by atoms with Gasteiger partial charge in [0.1, 0.15) is 0 Å².